The average molecular weight is 395 g/mol. The summed E-state index contributed by atoms with van der Waals surface area (Å²) >= 11 is 0. The molecule has 0 spiro atoms. The molecule has 152 valence electrons. The molecular formula is C23H26FN3O2. The van der Waals surface area contributed by atoms with E-state index in [0.717, 1.165) is 31.4 Å². The van der Waals surface area contributed by atoms with Crippen molar-refractivity contribution in [2.75, 3.05) is 18.4 Å². The number of carbonyl (C=O) groups excluding carboxylic acids is 2. The number of anilines is 1. The summed E-state index contributed by atoms with van der Waals surface area (Å²) in [5.41, 5.74) is 1.72. The maximum atomic E-state index is 13.0. The summed E-state index contributed by atoms with van der Waals surface area (Å²) in [4.78, 5) is 29.5. The predicted molar refractivity (Wildman–Crippen MR) is 110 cm³/mol. The smallest absolute Gasteiger partial charge is 0.238 e. The minimum atomic E-state index is -0.327. The Morgan fingerprint density at radius 2 is 1.79 bits per heavy atom. The van der Waals surface area contributed by atoms with Gasteiger partial charge in [0, 0.05) is 37.3 Å². The second-order valence-electron chi connectivity index (χ2n) is 7.85. The van der Waals surface area contributed by atoms with E-state index in [9.17, 15) is 14.0 Å². The lowest BCUT2D eigenvalue weighted by atomic mass is 10.0. The Hall–Kier alpha value is -2.73. The summed E-state index contributed by atoms with van der Waals surface area (Å²) in [6.07, 6.45) is 3.22. The monoisotopic (exact) mass is 395 g/mol. The second kappa shape index (κ2) is 8.74. The second-order valence-corrected chi connectivity index (χ2v) is 7.85. The lowest BCUT2D eigenvalue weighted by Gasteiger charge is -2.33. The number of nitrogens with one attached hydrogen (secondary N) is 1. The Morgan fingerprint density at radius 3 is 2.55 bits per heavy atom. The van der Waals surface area contributed by atoms with Crippen LogP contribution < -0.4 is 5.32 Å². The number of hydrogen-bond donors (Lipinski definition) is 1. The van der Waals surface area contributed by atoms with Crippen molar-refractivity contribution < 1.29 is 14.0 Å². The van der Waals surface area contributed by atoms with E-state index >= 15 is 0 Å². The van der Waals surface area contributed by atoms with E-state index < -0.39 is 0 Å². The molecule has 2 aromatic rings. The van der Waals surface area contributed by atoms with Crippen LogP contribution in [0, 0.1) is 5.82 Å². The molecule has 2 aliphatic rings. The summed E-state index contributed by atoms with van der Waals surface area (Å²) in [5, 5.41) is 2.84. The van der Waals surface area contributed by atoms with Gasteiger partial charge in [0.1, 0.15) is 5.82 Å². The van der Waals surface area contributed by atoms with Crippen molar-refractivity contribution in [3.05, 3.63) is 66.0 Å². The average Bonchev–Trinajstić information content (AvgIpc) is 3.03. The Balaban J connectivity index is 1.42. The molecule has 2 saturated heterocycles. The third kappa shape index (κ3) is 4.65. The minimum absolute atomic E-state index is 0.109. The number of likely N-dealkylation sites (tertiary alicyclic amines) is 2. The minimum Gasteiger partial charge on any atom is -0.334 e. The van der Waals surface area contributed by atoms with Gasteiger partial charge < -0.3 is 10.2 Å². The van der Waals surface area contributed by atoms with Crippen LogP contribution >= 0.6 is 0 Å². The molecule has 0 aliphatic carbocycles. The van der Waals surface area contributed by atoms with Gasteiger partial charge in [-0.25, -0.2) is 4.39 Å². The van der Waals surface area contributed by atoms with Crippen LogP contribution in [-0.2, 0) is 16.1 Å². The lowest BCUT2D eigenvalue weighted by Crippen LogP contribution is -2.47. The topological polar surface area (TPSA) is 52.7 Å². The summed E-state index contributed by atoms with van der Waals surface area (Å²) in [6, 6.07) is 16.2. The summed E-state index contributed by atoms with van der Waals surface area (Å²) < 4.78 is 13.0. The molecule has 5 nitrogen and oxygen atoms in total. The number of nitrogens with zero attached hydrogens (tertiary/aromatic N) is 2. The van der Waals surface area contributed by atoms with E-state index in [1.54, 1.807) is 12.1 Å². The number of rotatable bonds is 5. The highest BCUT2D eigenvalue weighted by atomic mass is 19.1. The molecule has 2 atom stereocenters. The molecule has 0 radical (unpaired) electrons. The van der Waals surface area contributed by atoms with Crippen molar-refractivity contribution in [2.45, 2.75) is 44.3 Å². The van der Waals surface area contributed by atoms with E-state index in [2.05, 4.69) is 22.3 Å². The summed E-state index contributed by atoms with van der Waals surface area (Å²) in [5.74, 6) is -0.228. The van der Waals surface area contributed by atoms with Gasteiger partial charge in [0.15, 0.2) is 0 Å². The molecule has 0 unspecified atom stereocenters. The Bertz CT molecular complexity index is 856. The van der Waals surface area contributed by atoms with Gasteiger partial charge in [-0.15, -0.1) is 0 Å². The first-order chi connectivity index (χ1) is 14.1. The highest BCUT2D eigenvalue weighted by molar-refractivity contribution is 5.92. The van der Waals surface area contributed by atoms with Crippen LogP contribution in [0.2, 0.25) is 0 Å². The van der Waals surface area contributed by atoms with Gasteiger partial charge in [-0.1, -0.05) is 30.3 Å². The molecule has 2 fully saturated rings. The first-order valence-corrected chi connectivity index (χ1v) is 10.2. The fourth-order valence-corrected chi connectivity index (χ4v) is 4.53. The summed E-state index contributed by atoms with van der Waals surface area (Å²) in [7, 11) is 0. The SMILES string of the molecule is O=C(CN1CC[C@@H]2[C@H]1CCCC(=O)N2Cc1ccccc1)Nc1ccc(F)cc1. The van der Waals surface area contributed by atoms with Gasteiger partial charge in [0.05, 0.1) is 6.54 Å². The number of amides is 2. The van der Waals surface area contributed by atoms with Crippen molar-refractivity contribution in [1.82, 2.24) is 9.80 Å². The standard InChI is InChI=1S/C23H26FN3O2/c24-18-9-11-19(12-10-18)25-22(28)16-26-14-13-21-20(26)7-4-8-23(29)27(21)15-17-5-2-1-3-6-17/h1-3,5-6,9-12,20-21H,4,7-8,13-16H2,(H,25,28)/t20-,21-/m1/s1. The third-order valence-electron chi connectivity index (χ3n) is 5.91. The molecule has 2 heterocycles. The molecule has 1 N–H and O–H groups in total. The van der Waals surface area contributed by atoms with Crippen LogP contribution in [0.1, 0.15) is 31.2 Å². The van der Waals surface area contributed by atoms with Crippen molar-refractivity contribution in [3.8, 4) is 0 Å². The number of halogens is 1. The highest BCUT2D eigenvalue weighted by Gasteiger charge is 2.41. The van der Waals surface area contributed by atoms with Gasteiger partial charge in [-0.3, -0.25) is 14.5 Å². The zero-order valence-corrected chi connectivity index (χ0v) is 16.4. The fraction of sp³-hybridized carbons (Fsp3) is 0.391. The molecule has 2 aliphatic heterocycles. The molecule has 29 heavy (non-hydrogen) atoms. The van der Waals surface area contributed by atoms with Crippen molar-refractivity contribution in [3.63, 3.8) is 0 Å². The molecule has 2 aromatic carbocycles. The van der Waals surface area contributed by atoms with Gasteiger partial charge in [0.25, 0.3) is 0 Å². The van der Waals surface area contributed by atoms with Crippen LogP contribution in [0.4, 0.5) is 10.1 Å². The Labute approximate surface area is 170 Å². The van der Waals surface area contributed by atoms with E-state index in [4.69, 9.17) is 0 Å². The molecule has 2 amide bonds. The zero-order valence-electron chi connectivity index (χ0n) is 16.4. The van der Waals surface area contributed by atoms with Gasteiger partial charge in [-0.2, -0.15) is 0 Å². The zero-order chi connectivity index (χ0) is 20.2. The first-order valence-electron chi connectivity index (χ1n) is 10.2. The largest absolute Gasteiger partial charge is 0.334 e. The molecule has 0 saturated carbocycles. The maximum absolute atomic E-state index is 13.0. The van der Waals surface area contributed by atoms with Gasteiger partial charge in [0.2, 0.25) is 11.8 Å². The molecule has 6 heteroatoms. The fourth-order valence-electron chi connectivity index (χ4n) is 4.53. The van der Waals surface area contributed by atoms with Crippen LogP contribution in [0.3, 0.4) is 0 Å². The van der Waals surface area contributed by atoms with E-state index in [1.807, 2.05) is 23.1 Å². The molecule has 4 rings (SSSR count). The van der Waals surface area contributed by atoms with Crippen LogP contribution in [0.5, 0.6) is 0 Å². The Morgan fingerprint density at radius 1 is 1.03 bits per heavy atom. The molecular weight excluding hydrogens is 369 g/mol. The van der Waals surface area contributed by atoms with Crippen molar-refractivity contribution >= 4 is 17.5 Å². The van der Waals surface area contributed by atoms with Crippen LogP contribution in [0.15, 0.2) is 54.6 Å². The predicted octanol–water partition coefficient (Wildman–Crippen LogP) is 3.42. The van der Waals surface area contributed by atoms with Crippen molar-refractivity contribution in [2.24, 2.45) is 0 Å². The number of carbonyl (C=O) groups is 2. The number of hydrogen-bond acceptors (Lipinski definition) is 3. The number of benzene rings is 2. The third-order valence-corrected chi connectivity index (χ3v) is 5.91. The number of fused-ring (bicyclic) bond motifs is 1. The summed E-state index contributed by atoms with van der Waals surface area (Å²) in [6.45, 7) is 1.70. The first kappa shape index (κ1) is 19.6. The van der Waals surface area contributed by atoms with Crippen LogP contribution in [0.25, 0.3) is 0 Å². The van der Waals surface area contributed by atoms with E-state index in [1.165, 1.54) is 12.1 Å². The molecule has 0 aromatic heterocycles. The lowest BCUT2D eigenvalue weighted by molar-refractivity contribution is -0.133. The Kier molecular flexibility index (Phi) is 5.90. The van der Waals surface area contributed by atoms with E-state index in [0.29, 0.717) is 18.7 Å². The molecule has 0 bridgehead atoms. The van der Waals surface area contributed by atoms with E-state index in [-0.39, 0.29) is 36.3 Å². The van der Waals surface area contributed by atoms with Gasteiger partial charge in [-0.05, 0) is 49.1 Å². The highest BCUT2D eigenvalue weighted by Crippen LogP contribution is 2.31. The quantitative estimate of drug-likeness (QED) is 0.844. The normalized spacial score (nSPS) is 22.2. The van der Waals surface area contributed by atoms with Crippen molar-refractivity contribution in [1.29, 1.82) is 0 Å². The van der Waals surface area contributed by atoms with Gasteiger partial charge >= 0.3 is 0 Å². The van der Waals surface area contributed by atoms with Crippen LogP contribution in [-0.4, -0.2) is 46.8 Å². The maximum Gasteiger partial charge on any atom is 0.238 e.